The summed E-state index contributed by atoms with van der Waals surface area (Å²) in [5.41, 5.74) is 3.39. The molecule has 0 spiro atoms. The van der Waals surface area contributed by atoms with Crippen LogP contribution in [0.3, 0.4) is 0 Å². The smallest absolute Gasteiger partial charge is 0.355 e. The van der Waals surface area contributed by atoms with Crippen molar-refractivity contribution in [3.05, 3.63) is 107 Å². The van der Waals surface area contributed by atoms with E-state index in [1.807, 2.05) is 66.7 Å². The van der Waals surface area contributed by atoms with Crippen molar-refractivity contribution in [2.75, 3.05) is 19.5 Å². The van der Waals surface area contributed by atoms with E-state index >= 15 is 0 Å². The second kappa shape index (κ2) is 12.0. The molecule has 2 atom stereocenters. The molecule has 6 rings (SSSR count). The number of aromatic amines is 1. The summed E-state index contributed by atoms with van der Waals surface area (Å²) in [5, 5.41) is 3.36. The van der Waals surface area contributed by atoms with Gasteiger partial charge in [0.25, 0.3) is 5.91 Å². The average Bonchev–Trinajstić information content (AvgIpc) is 3.44. The molecule has 0 saturated carbocycles. The Bertz CT molecular complexity index is 1650. The van der Waals surface area contributed by atoms with Gasteiger partial charge in [0.15, 0.2) is 0 Å². The zero-order valence-corrected chi connectivity index (χ0v) is 23.7. The molecular formula is C32H29N3O6S. The lowest BCUT2D eigenvalue weighted by atomic mass is 10.0. The van der Waals surface area contributed by atoms with Crippen LogP contribution < -0.4 is 14.8 Å². The lowest BCUT2D eigenvalue weighted by Crippen LogP contribution is -2.70. The van der Waals surface area contributed by atoms with Gasteiger partial charge in [-0.25, -0.2) is 4.79 Å². The quantitative estimate of drug-likeness (QED) is 0.213. The molecule has 4 aromatic rings. The van der Waals surface area contributed by atoms with E-state index < -0.39 is 17.4 Å². The highest BCUT2D eigenvalue weighted by molar-refractivity contribution is 8.00. The van der Waals surface area contributed by atoms with Gasteiger partial charge >= 0.3 is 5.97 Å². The van der Waals surface area contributed by atoms with E-state index in [4.69, 9.17) is 14.2 Å². The Labute approximate surface area is 246 Å². The Kier molecular flexibility index (Phi) is 7.87. The first-order chi connectivity index (χ1) is 20.5. The number of esters is 1. The normalized spacial score (nSPS) is 17.8. The molecule has 1 aromatic heterocycles. The molecule has 10 heteroatoms. The van der Waals surface area contributed by atoms with Gasteiger partial charge in [-0.05, 0) is 35.4 Å². The first-order valence-corrected chi connectivity index (χ1v) is 14.6. The van der Waals surface area contributed by atoms with E-state index in [1.165, 1.54) is 16.7 Å². The summed E-state index contributed by atoms with van der Waals surface area (Å²) < 4.78 is 17.0. The van der Waals surface area contributed by atoms with Gasteiger partial charge in [-0.3, -0.25) is 14.5 Å². The number of nitrogens with zero attached hydrogens (tertiary/aromatic N) is 1. The molecule has 3 heterocycles. The van der Waals surface area contributed by atoms with Gasteiger partial charge < -0.3 is 24.5 Å². The number of fused-ring (bicyclic) bond motifs is 2. The van der Waals surface area contributed by atoms with Crippen LogP contribution in [-0.4, -0.2) is 58.6 Å². The Morgan fingerprint density at radius 2 is 1.74 bits per heavy atom. The molecule has 0 radical (unpaired) electrons. The molecule has 2 aliphatic rings. The monoisotopic (exact) mass is 583 g/mol. The van der Waals surface area contributed by atoms with Crippen LogP contribution >= 0.6 is 11.8 Å². The van der Waals surface area contributed by atoms with Crippen LogP contribution in [0.4, 0.5) is 0 Å². The maximum absolute atomic E-state index is 13.5. The van der Waals surface area contributed by atoms with Crippen LogP contribution in [-0.2, 0) is 32.1 Å². The number of aromatic nitrogens is 1. The van der Waals surface area contributed by atoms with Gasteiger partial charge in [0.1, 0.15) is 41.8 Å². The summed E-state index contributed by atoms with van der Waals surface area (Å²) in [6.45, 7) is 0.128. The molecule has 1 fully saturated rings. The Hall–Kier alpha value is -4.70. The molecule has 1 saturated heterocycles. The van der Waals surface area contributed by atoms with E-state index in [2.05, 4.69) is 10.3 Å². The zero-order valence-electron chi connectivity index (χ0n) is 22.9. The lowest BCUT2D eigenvalue weighted by molar-refractivity contribution is -0.153. The maximum Gasteiger partial charge on any atom is 0.355 e. The third kappa shape index (κ3) is 5.58. The predicted molar refractivity (Wildman–Crippen MR) is 159 cm³/mol. The van der Waals surface area contributed by atoms with Gasteiger partial charge in [0, 0.05) is 28.4 Å². The molecule has 2 unspecified atom stereocenters. The van der Waals surface area contributed by atoms with Crippen LogP contribution in [0, 0.1) is 0 Å². The minimum atomic E-state index is -0.730. The fourth-order valence-electron chi connectivity index (χ4n) is 5.06. The number of methoxy groups -OCH3 is 1. The number of benzene rings is 3. The van der Waals surface area contributed by atoms with Gasteiger partial charge in [-0.1, -0.05) is 54.6 Å². The standard InChI is InChI=1S/C32H29N3O6S/c1-39-23-13-11-21(12-14-23)17-41-32(38)29-22(18-40-26-16-33-25-10-6-5-9-24(25)26)19-42-31-28(30(37)35(29)31)34-27(36)15-20-7-3-2-4-8-20/h2-14,16,28,31,33H,15,17-19H2,1H3,(H,34,36). The SMILES string of the molecule is COc1ccc(COC(=O)C2=C(COc3c[nH]c4ccccc34)CSC3C(NC(=O)Cc4ccccc4)C(=O)N23)cc1. The summed E-state index contributed by atoms with van der Waals surface area (Å²) >= 11 is 1.48. The van der Waals surface area contributed by atoms with E-state index in [0.29, 0.717) is 22.8 Å². The topological polar surface area (TPSA) is 110 Å². The van der Waals surface area contributed by atoms with Gasteiger partial charge in [-0.15, -0.1) is 11.8 Å². The van der Waals surface area contributed by atoms with E-state index in [-0.39, 0.29) is 37.1 Å². The third-order valence-corrected chi connectivity index (χ3v) is 8.59. The number of β-lactam (4-membered cyclic amide) rings is 1. The van der Waals surface area contributed by atoms with Crippen LogP contribution in [0.2, 0.25) is 0 Å². The summed E-state index contributed by atoms with van der Waals surface area (Å²) in [5.74, 6) is 0.571. The number of thioether (sulfide) groups is 1. The molecule has 214 valence electrons. The molecule has 9 nitrogen and oxygen atoms in total. The van der Waals surface area contributed by atoms with Crippen LogP contribution in [0.1, 0.15) is 11.1 Å². The Morgan fingerprint density at radius 3 is 2.52 bits per heavy atom. The number of H-pyrrole nitrogens is 1. The number of amides is 2. The van der Waals surface area contributed by atoms with E-state index in [1.54, 1.807) is 25.4 Å². The molecule has 2 amide bonds. The van der Waals surface area contributed by atoms with Crippen molar-refractivity contribution in [2.24, 2.45) is 0 Å². The molecular weight excluding hydrogens is 554 g/mol. The highest BCUT2D eigenvalue weighted by Crippen LogP contribution is 2.41. The number of para-hydroxylation sites is 1. The lowest BCUT2D eigenvalue weighted by Gasteiger charge is -2.49. The number of hydrogen-bond acceptors (Lipinski definition) is 7. The summed E-state index contributed by atoms with van der Waals surface area (Å²) in [6, 6.07) is 23.6. The van der Waals surface area contributed by atoms with Crippen molar-refractivity contribution in [3.63, 3.8) is 0 Å². The van der Waals surface area contributed by atoms with Crippen molar-refractivity contribution >= 4 is 40.4 Å². The maximum atomic E-state index is 13.5. The highest BCUT2D eigenvalue weighted by atomic mass is 32.2. The van der Waals surface area contributed by atoms with Crippen LogP contribution in [0.25, 0.3) is 10.9 Å². The van der Waals surface area contributed by atoms with E-state index in [9.17, 15) is 14.4 Å². The van der Waals surface area contributed by atoms with Crippen molar-refractivity contribution in [1.29, 1.82) is 0 Å². The number of hydrogen-bond donors (Lipinski definition) is 2. The summed E-state index contributed by atoms with van der Waals surface area (Å²) in [6.07, 6.45) is 1.94. The Balaban J connectivity index is 1.20. The van der Waals surface area contributed by atoms with Crippen LogP contribution in [0.5, 0.6) is 11.5 Å². The van der Waals surface area contributed by atoms with Crippen molar-refractivity contribution < 1.29 is 28.6 Å². The summed E-state index contributed by atoms with van der Waals surface area (Å²) in [7, 11) is 1.58. The second-order valence-electron chi connectivity index (χ2n) is 9.98. The largest absolute Gasteiger partial charge is 0.497 e. The van der Waals surface area contributed by atoms with Crippen molar-refractivity contribution in [2.45, 2.75) is 24.4 Å². The number of nitrogens with one attached hydrogen (secondary N) is 2. The second-order valence-corrected chi connectivity index (χ2v) is 11.1. The number of carbonyl (C=O) groups is 3. The number of ether oxygens (including phenoxy) is 3. The number of rotatable bonds is 10. The van der Waals surface area contributed by atoms with Gasteiger partial charge in [0.2, 0.25) is 5.91 Å². The molecule has 0 bridgehead atoms. The number of carbonyl (C=O) groups excluding carboxylic acids is 3. The van der Waals surface area contributed by atoms with Crippen molar-refractivity contribution in [3.8, 4) is 11.5 Å². The third-order valence-electron chi connectivity index (χ3n) is 7.25. The Morgan fingerprint density at radius 1 is 0.976 bits per heavy atom. The molecule has 0 aliphatic carbocycles. The van der Waals surface area contributed by atoms with Gasteiger partial charge in [0.05, 0.1) is 13.5 Å². The predicted octanol–water partition coefficient (Wildman–Crippen LogP) is 4.20. The molecule has 2 N–H and O–H groups in total. The first-order valence-electron chi connectivity index (χ1n) is 13.5. The zero-order chi connectivity index (χ0) is 29.1. The van der Waals surface area contributed by atoms with Crippen molar-refractivity contribution in [1.82, 2.24) is 15.2 Å². The molecule has 42 heavy (non-hydrogen) atoms. The van der Waals surface area contributed by atoms with Crippen LogP contribution in [0.15, 0.2) is 96.3 Å². The average molecular weight is 584 g/mol. The fourth-order valence-corrected chi connectivity index (χ4v) is 6.38. The highest BCUT2D eigenvalue weighted by Gasteiger charge is 2.54. The first kappa shape index (κ1) is 27.5. The van der Waals surface area contributed by atoms with Gasteiger partial charge in [-0.2, -0.15) is 0 Å². The molecule has 3 aromatic carbocycles. The summed E-state index contributed by atoms with van der Waals surface area (Å²) in [4.78, 5) is 44.3. The minimum Gasteiger partial charge on any atom is -0.497 e. The van der Waals surface area contributed by atoms with E-state index in [0.717, 1.165) is 22.0 Å². The fraction of sp³-hybridized carbons (Fsp3) is 0.219. The minimum absolute atomic E-state index is 0.0278. The molecule has 2 aliphatic heterocycles.